The van der Waals surface area contributed by atoms with Gasteiger partial charge >= 0.3 is 0 Å². The third-order valence-electron chi connectivity index (χ3n) is 2.61. The Morgan fingerprint density at radius 3 is 2.47 bits per heavy atom. The minimum atomic E-state index is -0.336. The van der Waals surface area contributed by atoms with Crippen LogP contribution in [0.4, 0.5) is 0 Å². The molecular formula is C14H26O. The lowest BCUT2D eigenvalue weighted by Crippen LogP contribution is -2.15. The molecule has 0 aliphatic rings. The van der Waals surface area contributed by atoms with Crippen LogP contribution < -0.4 is 0 Å². The highest BCUT2D eigenvalue weighted by Crippen LogP contribution is 2.10. The van der Waals surface area contributed by atoms with Gasteiger partial charge in [-0.05, 0) is 37.3 Å². The van der Waals surface area contributed by atoms with Crippen molar-refractivity contribution >= 4 is 0 Å². The second kappa shape index (κ2) is 8.76. The Morgan fingerprint density at radius 2 is 1.93 bits per heavy atom. The van der Waals surface area contributed by atoms with Crippen molar-refractivity contribution in [2.45, 2.75) is 65.9 Å². The van der Waals surface area contributed by atoms with E-state index in [-0.39, 0.29) is 12.0 Å². The van der Waals surface area contributed by atoms with E-state index < -0.39 is 0 Å². The van der Waals surface area contributed by atoms with Crippen molar-refractivity contribution in [3.63, 3.8) is 0 Å². The van der Waals surface area contributed by atoms with Crippen molar-refractivity contribution in [2.24, 2.45) is 5.92 Å². The third-order valence-corrected chi connectivity index (χ3v) is 2.61. The van der Waals surface area contributed by atoms with Crippen LogP contribution in [0.25, 0.3) is 0 Å². The van der Waals surface area contributed by atoms with Crippen LogP contribution in [0, 0.1) is 5.92 Å². The number of unbranched alkanes of at least 4 members (excludes halogenated alkanes) is 4. The van der Waals surface area contributed by atoms with E-state index >= 15 is 0 Å². The zero-order valence-corrected chi connectivity index (χ0v) is 10.7. The van der Waals surface area contributed by atoms with Crippen LogP contribution in [0.2, 0.25) is 0 Å². The summed E-state index contributed by atoms with van der Waals surface area (Å²) in [6, 6.07) is 0. The van der Waals surface area contributed by atoms with Crippen molar-refractivity contribution in [3.05, 3.63) is 17.4 Å². The number of aliphatic hydroxyl groups excluding tert-OH is 1. The molecule has 0 rings (SSSR count). The first-order valence-corrected chi connectivity index (χ1v) is 6.19. The predicted molar refractivity (Wildman–Crippen MR) is 66.9 cm³/mol. The maximum Gasteiger partial charge on any atom is 0.0843 e. The van der Waals surface area contributed by atoms with Crippen molar-refractivity contribution in [2.75, 3.05) is 0 Å². The summed E-state index contributed by atoms with van der Waals surface area (Å²) >= 11 is 0. The van der Waals surface area contributed by atoms with Crippen LogP contribution in [-0.2, 0) is 0 Å². The van der Waals surface area contributed by atoms with Gasteiger partial charge < -0.3 is 5.11 Å². The van der Waals surface area contributed by atoms with Gasteiger partial charge in [0.2, 0.25) is 0 Å². The fourth-order valence-corrected chi connectivity index (χ4v) is 1.49. The van der Waals surface area contributed by atoms with Gasteiger partial charge in [0.1, 0.15) is 0 Å². The fraction of sp³-hybridized carbons (Fsp3) is 0.786. The largest absolute Gasteiger partial charge is 0.388 e. The summed E-state index contributed by atoms with van der Waals surface area (Å²) in [6.07, 6.45) is 7.97. The highest BCUT2D eigenvalue weighted by atomic mass is 16.3. The molecule has 0 bridgehead atoms. The van der Waals surface area contributed by atoms with E-state index in [0.717, 1.165) is 12.0 Å². The lowest BCUT2D eigenvalue weighted by Gasteiger charge is -2.12. The molecule has 0 heterocycles. The molecule has 0 aliphatic carbocycles. The maximum atomic E-state index is 9.72. The van der Waals surface area contributed by atoms with E-state index in [9.17, 15) is 5.11 Å². The van der Waals surface area contributed by atoms with Gasteiger partial charge in [-0.1, -0.05) is 40.0 Å². The Labute approximate surface area is 94.9 Å². The van der Waals surface area contributed by atoms with Gasteiger partial charge in [0.15, 0.2) is 0 Å². The van der Waals surface area contributed by atoms with Gasteiger partial charge in [0.25, 0.3) is 0 Å². The molecule has 0 spiro atoms. The predicted octanol–water partition coefficient (Wildman–Crippen LogP) is 4.08. The maximum absolute atomic E-state index is 9.72. The van der Waals surface area contributed by atoms with E-state index in [1.807, 2.05) is 20.8 Å². The average Bonchev–Trinajstić information content (AvgIpc) is 2.21. The molecule has 0 radical (unpaired) electrons. The van der Waals surface area contributed by atoms with E-state index in [1.54, 1.807) is 0 Å². The molecule has 1 heteroatoms. The topological polar surface area (TPSA) is 20.2 Å². The summed E-state index contributed by atoms with van der Waals surface area (Å²) in [4.78, 5) is 0. The SMILES string of the molecule is CCCCCCC=C=C(C)[C@@H](O)C(C)C. The molecule has 0 fully saturated rings. The van der Waals surface area contributed by atoms with Crippen LogP contribution in [0.5, 0.6) is 0 Å². The molecular weight excluding hydrogens is 184 g/mol. The van der Waals surface area contributed by atoms with E-state index in [4.69, 9.17) is 0 Å². The van der Waals surface area contributed by atoms with Gasteiger partial charge in [-0.3, -0.25) is 0 Å². The highest BCUT2D eigenvalue weighted by molar-refractivity contribution is 5.05. The summed E-state index contributed by atoms with van der Waals surface area (Å²) in [5.41, 5.74) is 4.14. The molecule has 0 aromatic heterocycles. The zero-order valence-electron chi connectivity index (χ0n) is 10.7. The fourth-order valence-electron chi connectivity index (χ4n) is 1.49. The number of aliphatic hydroxyl groups is 1. The van der Waals surface area contributed by atoms with Crippen molar-refractivity contribution < 1.29 is 5.11 Å². The molecule has 1 nitrogen and oxygen atoms in total. The third kappa shape index (κ3) is 7.41. The molecule has 0 aromatic rings. The first-order valence-electron chi connectivity index (χ1n) is 6.19. The van der Waals surface area contributed by atoms with E-state index in [1.165, 1.54) is 25.7 Å². The summed E-state index contributed by atoms with van der Waals surface area (Å²) in [5, 5.41) is 9.72. The molecule has 0 aliphatic heterocycles. The molecule has 0 aromatic carbocycles. The second-order valence-electron chi connectivity index (χ2n) is 4.57. The van der Waals surface area contributed by atoms with Crippen LogP contribution in [0.15, 0.2) is 17.4 Å². The smallest absolute Gasteiger partial charge is 0.0843 e. The van der Waals surface area contributed by atoms with Gasteiger partial charge in [-0.2, -0.15) is 0 Å². The van der Waals surface area contributed by atoms with Crippen LogP contribution in [0.1, 0.15) is 59.8 Å². The van der Waals surface area contributed by atoms with Gasteiger partial charge in [0.05, 0.1) is 6.10 Å². The van der Waals surface area contributed by atoms with Crippen LogP contribution in [-0.4, -0.2) is 11.2 Å². The standard InChI is InChI=1S/C14H26O/c1-5-6-7-8-9-10-11-13(4)14(15)12(2)3/h10,12,14-15H,5-9H2,1-4H3/t11?,14-/m0/s1. The van der Waals surface area contributed by atoms with E-state index in [2.05, 4.69) is 18.7 Å². The molecule has 0 unspecified atom stereocenters. The Bertz CT molecular complexity index is 209. The number of hydrogen-bond donors (Lipinski definition) is 1. The second-order valence-corrected chi connectivity index (χ2v) is 4.57. The van der Waals surface area contributed by atoms with Crippen LogP contribution in [0.3, 0.4) is 0 Å². The number of rotatable bonds is 7. The first-order chi connectivity index (χ1) is 7.09. The van der Waals surface area contributed by atoms with Gasteiger partial charge in [-0.25, -0.2) is 0 Å². The Balaban J connectivity index is 3.85. The first kappa shape index (κ1) is 14.5. The van der Waals surface area contributed by atoms with E-state index in [0.29, 0.717) is 0 Å². The average molecular weight is 210 g/mol. The van der Waals surface area contributed by atoms with Crippen molar-refractivity contribution in [1.82, 2.24) is 0 Å². The molecule has 0 amide bonds. The Kier molecular flexibility index (Phi) is 8.46. The minimum Gasteiger partial charge on any atom is -0.388 e. The summed E-state index contributed by atoms with van der Waals surface area (Å²) in [5.74, 6) is 0.283. The lowest BCUT2D eigenvalue weighted by molar-refractivity contribution is 0.160. The molecule has 1 N–H and O–H groups in total. The number of hydrogen-bond acceptors (Lipinski definition) is 1. The van der Waals surface area contributed by atoms with Gasteiger partial charge in [-0.15, -0.1) is 5.73 Å². The molecule has 1 atom stereocenters. The van der Waals surface area contributed by atoms with Gasteiger partial charge in [0, 0.05) is 0 Å². The lowest BCUT2D eigenvalue weighted by atomic mass is 10.0. The highest BCUT2D eigenvalue weighted by Gasteiger charge is 2.09. The molecule has 0 saturated heterocycles. The molecule has 0 saturated carbocycles. The minimum absolute atomic E-state index is 0.283. The van der Waals surface area contributed by atoms with Crippen molar-refractivity contribution in [1.29, 1.82) is 0 Å². The summed E-state index contributed by atoms with van der Waals surface area (Å²) < 4.78 is 0. The summed E-state index contributed by atoms with van der Waals surface area (Å²) in [6.45, 7) is 8.22. The van der Waals surface area contributed by atoms with Crippen LogP contribution >= 0.6 is 0 Å². The molecule has 15 heavy (non-hydrogen) atoms. The monoisotopic (exact) mass is 210 g/mol. The molecule has 88 valence electrons. The summed E-state index contributed by atoms with van der Waals surface area (Å²) in [7, 11) is 0. The quantitative estimate of drug-likeness (QED) is 0.496. The van der Waals surface area contributed by atoms with Crippen molar-refractivity contribution in [3.8, 4) is 0 Å². The Hall–Kier alpha value is -0.520. The zero-order chi connectivity index (χ0) is 11.7. The Morgan fingerprint density at radius 1 is 1.27 bits per heavy atom. The normalized spacial score (nSPS) is 12.4.